The van der Waals surface area contributed by atoms with Gasteiger partial charge < -0.3 is 14.2 Å². The Morgan fingerprint density at radius 2 is 1.54 bits per heavy atom. The third-order valence-electron chi connectivity index (χ3n) is 3.82. The second-order valence-corrected chi connectivity index (χ2v) is 5.55. The highest BCUT2D eigenvalue weighted by molar-refractivity contribution is 6.00. The molecule has 0 fully saturated rings. The fraction of sp³-hybridized carbons (Fsp3) is 0.0500. The van der Waals surface area contributed by atoms with Crippen LogP contribution in [0, 0.1) is 6.92 Å². The van der Waals surface area contributed by atoms with E-state index in [0.717, 1.165) is 11.3 Å². The topological polar surface area (TPSA) is 55.4 Å². The molecule has 0 saturated heterocycles. The summed E-state index contributed by atoms with van der Waals surface area (Å²) in [7, 11) is 0. The van der Waals surface area contributed by atoms with Crippen molar-refractivity contribution in [2.45, 2.75) is 6.92 Å². The Balaban J connectivity index is 1.99. The lowest BCUT2D eigenvalue weighted by Gasteiger charge is -2.06. The van der Waals surface area contributed by atoms with Gasteiger partial charge in [-0.1, -0.05) is 48.5 Å². The predicted octanol–water partition coefficient (Wildman–Crippen LogP) is 5.11. The molecule has 2 aromatic heterocycles. The Kier molecular flexibility index (Phi) is 3.43. The van der Waals surface area contributed by atoms with Gasteiger partial charge in [-0.05, 0) is 24.6 Å². The van der Waals surface area contributed by atoms with Crippen molar-refractivity contribution in [1.82, 2.24) is 0 Å². The largest absolute Gasteiger partial charge is 0.439 e. The van der Waals surface area contributed by atoms with Crippen molar-refractivity contribution in [3.05, 3.63) is 82.9 Å². The van der Waals surface area contributed by atoms with Gasteiger partial charge in [-0.15, -0.1) is 0 Å². The standard InChI is InChI=1S/C20H15NO3/c1-13-12-16-18(20(22)23-13)17(14-8-4-2-5-9-14)19(24-16)21-15-10-6-3-7-11-15/h2-12,21H,1H3. The molecule has 0 aliphatic heterocycles. The maximum absolute atomic E-state index is 12.4. The van der Waals surface area contributed by atoms with Gasteiger partial charge in [0.15, 0.2) is 0 Å². The molecule has 4 aromatic rings. The second-order valence-electron chi connectivity index (χ2n) is 5.55. The zero-order valence-electron chi connectivity index (χ0n) is 13.1. The Bertz CT molecular complexity index is 1050. The van der Waals surface area contributed by atoms with Crippen molar-refractivity contribution in [3.8, 4) is 11.1 Å². The van der Waals surface area contributed by atoms with Crippen molar-refractivity contribution in [1.29, 1.82) is 0 Å². The first kappa shape index (κ1) is 14.3. The maximum Gasteiger partial charge on any atom is 0.347 e. The van der Waals surface area contributed by atoms with E-state index in [1.54, 1.807) is 13.0 Å². The lowest BCUT2D eigenvalue weighted by molar-refractivity contribution is 0.485. The van der Waals surface area contributed by atoms with Crippen molar-refractivity contribution in [3.63, 3.8) is 0 Å². The van der Waals surface area contributed by atoms with Gasteiger partial charge >= 0.3 is 5.63 Å². The zero-order chi connectivity index (χ0) is 16.5. The van der Waals surface area contributed by atoms with E-state index in [1.807, 2.05) is 60.7 Å². The summed E-state index contributed by atoms with van der Waals surface area (Å²) in [5.74, 6) is 1.05. The summed E-state index contributed by atoms with van der Waals surface area (Å²) >= 11 is 0. The fourth-order valence-electron chi connectivity index (χ4n) is 2.79. The molecule has 0 radical (unpaired) electrons. The number of para-hydroxylation sites is 1. The van der Waals surface area contributed by atoms with Gasteiger partial charge in [0, 0.05) is 11.8 Å². The van der Waals surface area contributed by atoms with Crippen LogP contribution >= 0.6 is 0 Å². The van der Waals surface area contributed by atoms with Gasteiger partial charge in [-0.25, -0.2) is 4.79 Å². The predicted molar refractivity (Wildman–Crippen MR) is 94.6 cm³/mol. The molecule has 2 aromatic carbocycles. The van der Waals surface area contributed by atoms with Crippen LogP contribution in [-0.4, -0.2) is 0 Å². The molecule has 1 N–H and O–H groups in total. The number of hydrogen-bond donors (Lipinski definition) is 1. The summed E-state index contributed by atoms with van der Waals surface area (Å²) in [6.07, 6.45) is 0. The van der Waals surface area contributed by atoms with Gasteiger partial charge in [0.1, 0.15) is 16.7 Å². The van der Waals surface area contributed by atoms with E-state index in [1.165, 1.54) is 0 Å². The first-order chi connectivity index (χ1) is 11.7. The lowest BCUT2D eigenvalue weighted by atomic mass is 10.0. The Morgan fingerprint density at radius 3 is 2.25 bits per heavy atom. The van der Waals surface area contributed by atoms with Gasteiger partial charge in [0.05, 0.1) is 5.56 Å². The number of rotatable bonds is 3. The van der Waals surface area contributed by atoms with Crippen LogP contribution < -0.4 is 10.9 Å². The molecule has 0 unspecified atom stereocenters. The fourth-order valence-corrected chi connectivity index (χ4v) is 2.79. The van der Waals surface area contributed by atoms with Gasteiger partial charge in [0.25, 0.3) is 0 Å². The molecular formula is C20H15NO3. The smallest absolute Gasteiger partial charge is 0.347 e. The van der Waals surface area contributed by atoms with Gasteiger partial charge in [-0.2, -0.15) is 0 Å². The summed E-state index contributed by atoms with van der Waals surface area (Å²) in [5.41, 5.74) is 2.61. The molecule has 24 heavy (non-hydrogen) atoms. The number of hydrogen-bond acceptors (Lipinski definition) is 4. The molecule has 0 aliphatic carbocycles. The van der Waals surface area contributed by atoms with E-state index in [9.17, 15) is 4.79 Å². The zero-order valence-corrected chi connectivity index (χ0v) is 13.1. The number of anilines is 2. The van der Waals surface area contributed by atoms with E-state index < -0.39 is 5.63 Å². The highest BCUT2D eigenvalue weighted by Gasteiger charge is 2.20. The summed E-state index contributed by atoms with van der Waals surface area (Å²) in [4.78, 5) is 12.4. The van der Waals surface area contributed by atoms with E-state index >= 15 is 0 Å². The Labute approximate surface area is 138 Å². The first-order valence-corrected chi connectivity index (χ1v) is 7.67. The third kappa shape index (κ3) is 2.48. The summed E-state index contributed by atoms with van der Waals surface area (Å²) < 4.78 is 11.2. The van der Waals surface area contributed by atoms with Crippen molar-refractivity contribution in [2.75, 3.05) is 5.32 Å². The van der Waals surface area contributed by atoms with Crippen LogP contribution in [0.1, 0.15) is 5.76 Å². The molecule has 4 rings (SSSR count). The highest BCUT2D eigenvalue weighted by atomic mass is 16.4. The van der Waals surface area contributed by atoms with Crippen LogP contribution in [0.15, 0.2) is 80.4 Å². The number of nitrogens with one attached hydrogen (secondary N) is 1. The van der Waals surface area contributed by atoms with E-state index in [-0.39, 0.29) is 0 Å². The SMILES string of the molecule is Cc1cc2oc(Nc3ccccc3)c(-c3ccccc3)c2c(=O)o1. The average Bonchev–Trinajstić information content (AvgIpc) is 2.94. The van der Waals surface area contributed by atoms with Gasteiger partial charge in [0.2, 0.25) is 5.88 Å². The van der Waals surface area contributed by atoms with Crippen LogP contribution in [0.2, 0.25) is 0 Å². The average molecular weight is 317 g/mol. The Hall–Kier alpha value is -3.27. The molecule has 4 heteroatoms. The molecule has 2 heterocycles. The number of furan rings is 1. The number of benzene rings is 2. The first-order valence-electron chi connectivity index (χ1n) is 7.67. The molecule has 0 amide bonds. The lowest BCUT2D eigenvalue weighted by Crippen LogP contribution is -2.00. The molecule has 0 saturated carbocycles. The van der Waals surface area contributed by atoms with Crippen molar-refractivity contribution >= 4 is 22.5 Å². The van der Waals surface area contributed by atoms with Gasteiger partial charge in [-0.3, -0.25) is 0 Å². The summed E-state index contributed by atoms with van der Waals surface area (Å²) in [6, 6.07) is 21.1. The van der Waals surface area contributed by atoms with Crippen LogP contribution in [0.3, 0.4) is 0 Å². The normalized spacial score (nSPS) is 10.9. The van der Waals surface area contributed by atoms with E-state index in [0.29, 0.717) is 28.2 Å². The molecule has 4 nitrogen and oxygen atoms in total. The summed E-state index contributed by atoms with van der Waals surface area (Å²) in [5, 5.41) is 3.71. The monoisotopic (exact) mass is 317 g/mol. The second kappa shape index (κ2) is 5.74. The minimum Gasteiger partial charge on any atom is -0.439 e. The molecule has 118 valence electrons. The molecule has 0 aliphatic rings. The number of fused-ring (bicyclic) bond motifs is 1. The quantitative estimate of drug-likeness (QED) is 0.571. The molecular weight excluding hydrogens is 302 g/mol. The number of aryl methyl sites for hydroxylation is 1. The van der Waals surface area contributed by atoms with Crippen LogP contribution in [0.5, 0.6) is 0 Å². The molecule has 0 atom stereocenters. The van der Waals surface area contributed by atoms with Crippen LogP contribution in [0.4, 0.5) is 11.6 Å². The maximum atomic E-state index is 12.4. The minimum atomic E-state index is -0.395. The molecule has 0 spiro atoms. The van der Waals surface area contributed by atoms with Crippen molar-refractivity contribution < 1.29 is 8.83 Å². The van der Waals surface area contributed by atoms with E-state index in [4.69, 9.17) is 8.83 Å². The highest BCUT2D eigenvalue weighted by Crippen LogP contribution is 2.38. The molecule has 0 bridgehead atoms. The Morgan fingerprint density at radius 1 is 0.875 bits per heavy atom. The third-order valence-corrected chi connectivity index (χ3v) is 3.82. The van der Waals surface area contributed by atoms with Crippen LogP contribution in [0.25, 0.3) is 22.1 Å². The van der Waals surface area contributed by atoms with Crippen molar-refractivity contribution in [2.24, 2.45) is 0 Å². The van der Waals surface area contributed by atoms with E-state index in [2.05, 4.69) is 5.32 Å². The van der Waals surface area contributed by atoms with Crippen LogP contribution in [-0.2, 0) is 0 Å². The summed E-state index contributed by atoms with van der Waals surface area (Å²) in [6.45, 7) is 1.73. The minimum absolute atomic E-state index is 0.395.